The minimum Gasteiger partial charge on any atom is -0.364 e. The fourth-order valence-electron chi connectivity index (χ4n) is 4.31. The molecular formula is C23H16F6N8O2. The molecule has 0 bridgehead atoms. The summed E-state index contributed by atoms with van der Waals surface area (Å²) in [5, 5.41) is 6.42. The number of rotatable bonds is 6. The summed E-state index contributed by atoms with van der Waals surface area (Å²) in [4.78, 5) is 42.0. The second-order valence-electron chi connectivity index (χ2n) is 8.87. The third-order valence-corrected chi connectivity index (χ3v) is 6.40. The molecule has 0 fully saturated rings. The average Bonchev–Trinajstić information content (AvgIpc) is 3.44. The smallest absolute Gasteiger partial charge is 0.364 e. The van der Waals surface area contributed by atoms with Gasteiger partial charge in [0.15, 0.2) is 11.5 Å². The number of anilines is 1. The summed E-state index contributed by atoms with van der Waals surface area (Å²) >= 11 is 0. The fourth-order valence-corrected chi connectivity index (χ4v) is 4.31. The number of fused-ring (bicyclic) bond motifs is 2. The van der Waals surface area contributed by atoms with Crippen LogP contribution < -0.4 is 11.1 Å². The number of carbonyl (C=O) groups excluding carboxylic acids is 2. The van der Waals surface area contributed by atoms with E-state index in [1.54, 1.807) is 0 Å². The zero-order chi connectivity index (χ0) is 28.3. The van der Waals surface area contributed by atoms with Gasteiger partial charge in [-0.3, -0.25) is 9.59 Å². The Bertz CT molecular complexity index is 1640. The van der Waals surface area contributed by atoms with Crippen LogP contribution in [0.15, 0.2) is 36.8 Å². The quantitative estimate of drug-likeness (QED) is 0.351. The van der Waals surface area contributed by atoms with E-state index in [2.05, 4.69) is 30.4 Å². The van der Waals surface area contributed by atoms with Crippen LogP contribution in [0.3, 0.4) is 0 Å². The minimum absolute atomic E-state index is 0.0160. The molecule has 0 aliphatic carbocycles. The number of hydrogen-bond donors (Lipinski definition) is 2. The number of nitrogens with one attached hydrogen (secondary N) is 1. The highest BCUT2D eigenvalue weighted by Crippen LogP contribution is 2.44. The third kappa shape index (κ3) is 4.21. The maximum atomic E-state index is 13.6. The summed E-state index contributed by atoms with van der Waals surface area (Å²) in [6, 6.07) is 4.97. The van der Waals surface area contributed by atoms with E-state index in [0.29, 0.717) is 5.56 Å². The van der Waals surface area contributed by atoms with Gasteiger partial charge in [-0.25, -0.2) is 28.8 Å². The number of nitrogens with zero attached hydrogens (tertiary/aromatic N) is 6. The lowest BCUT2D eigenvalue weighted by atomic mass is 9.77. The summed E-state index contributed by atoms with van der Waals surface area (Å²) in [6.45, 7) is 1.47. The molecule has 10 nitrogen and oxygen atoms in total. The lowest BCUT2D eigenvalue weighted by Gasteiger charge is -2.23. The molecule has 1 aliphatic rings. The average molecular weight is 550 g/mol. The molecule has 0 saturated heterocycles. The summed E-state index contributed by atoms with van der Waals surface area (Å²) < 4.78 is 79.9. The number of hydrogen-bond acceptors (Lipinski definition) is 7. The standard InChI is InChI=1S/C23H16F6N8O2/c1-21(10-2-4-11(24)5-3-10)14-15(16(30)38)34-17(35-18(14)36-20(21)39)13-8-37-19(31-9-32-37)12(33-13)6-7-22(25,26)23(27,28)29/h2-5,8-9H,6-7H2,1H3,(H2,30,38)(H,34,35,36,39). The van der Waals surface area contributed by atoms with Gasteiger partial charge in [-0.1, -0.05) is 12.1 Å². The van der Waals surface area contributed by atoms with Crippen LogP contribution in [0.4, 0.5) is 32.2 Å². The van der Waals surface area contributed by atoms with Crippen molar-refractivity contribution in [3.8, 4) is 11.5 Å². The van der Waals surface area contributed by atoms with Crippen molar-refractivity contribution in [3.63, 3.8) is 0 Å². The molecule has 0 saturated carbocycles. The van der Waals surface area contributed by atoms with Crippen LogP contribution >= 0.6 is 0 Å². The van der Waals surface area contributed by atoms with E-state index in [4.69, 9.17) is 5.73 Å². The van der Waals surface area contributed by atoms with Gasteiger partial charge in [-0.15, -0.1) is 0 Å². The van der Waals surface area contributed by atoms with E-state index in [-0.39, 0.29) is 39.9 Å². The lowest BCUT2D eigenvalue weighted by Crippen LogP contribution is -2.36. The monoisotopic (exact) mass is 550 g/mol. The Morgan fingerprint density at radius 3 is 2.44 bits per heavy atom. The molecular weight excluding hydrogens is 534 g/mol. The van der Waals surface area contributed by atoms with Crippen molar-refractivity contribution in [2.75, 3.05) is 5.32 Å². The molecule has 39 heavy (non-hydrogen) atoms. The number of primary amides is 1. The molecule has 1 unspecified atom stereocenters. The van der Waals surface area contributed by atoms with Gasteiger partial charge in [0, 0.05) is 12.0 Å². The van der Waals surface area contributed by atoms with Crippen molar-refractivity contribution in [1.29, 1.82) is 0 Å². The first-order valence-corrected chi connectivity index (χ1v) is 11.2. The minimum atomic E-state index is -5.76. The number of halogens is 6. The van der Waals surface area contributed by atoms with E-state index >= 15 is 0 Å². The van der Waals surface area contributed by atoms with Crippen LogP contribution in [0.5, 0.6) is 0 Å². The SMILES string of the molecule is CC1(c2ccc(F)cc2)C(=O)Nc2nc(-c3cn4ncnc4c(CCC(F)(F)C(F)(F)F)n3)nc(C(N)=O)c21. The molecule has 16 heteroatoms. The predicted molar refractivity (Wildman–Crippen MR) is 121 cm³/mol. The molecule has 3 N–H and O–H groups in total. The molecule has 0 radical (unpaired) electrons. The van der Waals surface area contributed by atoms with Crippen LogP contribution in [0.25, 0.3) is 17.2 Å². The maximum Gasteiger partial charge on any atom is 0.453 e. The van der Waals surface area contributed by atoms with Crippen molar-refractivity contribution in [2.24, 2.45) is 5.73 Å². The second-order valence-corrected chi connectivity index (χ2v) is 8.87. The first-order chi connectivity index (χ1) is 18.2. The Kier molecular flexibility index (Phi) is 5.80. The van der Waals surface area contributed by atoms with E-state index in [0.717, 1.165) is 23.0 Å². The third-order valence-electron chi connectivity index (χ3n) is 6.40. The molecule has 1 aliphatic heterocycles. The number of aromatic nitrogens is 6. The molecule has 5 rings (SSSR count). The van der Waals surface area contributed by atoms with Crippen LogP contribution in [0, 0.1) is 5.82 Å². The van der Waals surface area contributed by atoms with E-state index in [9.17, 15) is 35.9 Å². The fraction of sp³-hybridized carbons (Fsp3) is 0.261. The highest BCUT2D eigenvalue weighted by molar-refractivity contribution is 6.11. The van der Waals surface area contributed by atoms with Crippen molar-refractivity contribution in [1.82, 2.24) is 29.5 Å². The summed E-state index contributed by atoms with van der Waals surface area (Å²) in [5.74, 6) is -7.62. The molecule has 1 aromatic carbocycles. The van der Waals surface area contributed by atoms with Gasteiger partial charge < -0.3 is 11.1 Å². The second kappa shape index (κ2) is 8.71. The Morgan fingerprint density at radius 2 is 1.79 bits per heavy atom. The van der Waals surface area contributed by atoms with Crippen LogP contribution in [0.1, 0.15) is 40.7 Å². The summed E-state index contributed by atoms with van der Waals surface area (Å²) in [6.07, 6.45) is -5.95. The molecule has 2 amide bonds. The lowest BCUT2D eigenvalue weighted by molar-refractivity contribution is -0.284. The maximum absolute atomic E-state index is 13.6. The Morgan fingerprint density at radius 1 is 1.10 bits per heavy atom. The highest BCUT2D eigenvalue weighted by Gasteiger charge is 2.56. The van der Waals surface area contributed by atoms with Gasteiger partial charge in [0.25, 0.3) is 5.91 Å². The van der Waals surface area contributed by atoms with E-state index < -0.39 is 48.0 Å². The largest absolute Gasteiger partial charge is 0.453 e. The summed E-state index contributed by atoms with van der Waals surface area (Å²) in [5.41, 5.74) is 3.47. The molecule has 4 heterocycles. The van der Waals surface area contributed by atoms with Crippen molar-refractivity contribution >= 4 is 23.3 Å². The molecule has 202 valence electrons. The number of nitrogens with two attached hydrogens (primary N) is 1. The predicted octanol–water partition coefficient (Wildman–Crippen LogP) is 3.21. The summed E-state index contributed by atoms with van der Waals surface area (Å²) in [7, 11) is 0. The number of carbonyl (C=O) groups is 2. The number of amides is 2. The van der Waals surface area contributed by atoms with Gasteiger partial charge in [-0.2, -0.15) is 27.1 Å². The number of alkyl halides is 5. The Balaban J connectivity index is 1.63. The van der Waals surface area contributed by atoms with Gasteiger partial charge in [0.2, 0.25) is 5.91 Å². The van der Waals surface area contributed by atoms with Gasteiger partial charge in [-0.05, 0) is 31.0 Å². The topological polar surface area (TPSA) is 141 Å². The number of benzene rings is 1. The van der Waals surface area contributed by atoms with Crippen LogP contribution in [-0.4, -0.2) is 53.5 Å². The zero-order valence-electron chi connectivity index (χ0n) is 19.7. The Hall–Kier alpha value is -4.63. The van der Waals surface area contributed by atoms with Crippen molar-refractivity contribution in [2.45, 2.75) is 37.3 Å². The van der Waals surface area contributed by atoms with Gasteiger partial charge >= 0.3 is 12.1 Å². The van der Waals surface area contributed by atoms with Gasteiger partial charge in [0.05, 0.1) is 11.9 Å². The van der Waals surface area contributed by atoms with Crippen molar-refractivity contribution in [3.05, 3.63) is 65.1 Å². The van der Waals surface area contributed by atoms with Crippen LogP contribution in [-0.2, 0) is 16.6 Å². The molecule has 4 aromatic rings. The first-order valence-electron chi connectivity index (χ1n) is 11.2. The molecule has 3 aromatic heterocycles. The highest BCUT2D eigenvalue weighted by atomic mass is 19.4. The van der Waals surface area contributed by atoms with Crippen LogP contribution in [0.2, 0.25) is 0 Å². The first kappa shape index (κ1) is 26.0. The van der Waals surface area contributed by atoms with Gasteiger partial charge in [0.1, 0.15) is 34.8 Å². The molecule has 0 spiro atoms. The number of aryl methyl sites for hydroxylation is 1. The van der Waals surface area contributed by atoms with E-state index in [1.807, 2.05) is 0 Å². The van der Waals surface area contributed by atoms with E-state index in [1.165, 1.54) is 25.3 Å². The Labute approximate surface area is 214 Å². The molecule has 1 atom stereocenters. The van der Waals surface area contributed by atoms with Crippen molar-refractivity contribution < 1.29 is 35.9 Å². The zero-order valence-corrected chi connectivity index (χ0v) is 19.7. The normalized spacial score (nSPS) is 17.4.